The molecule has 0 bridgehead atoms. The van der Waals surface area contributed by atoms with Gasteiger partial charge in [0.15, 0.2) is 0 Å². The molecule has 0 heterocycles. The van der Waals surface area contributed by atoms with Gasteiger partial charge in [-0.05, 0) is 11.6 Å². The van der Waals surface area contributed by atoms with E-state index < -0.39 is 6.10 Å². The van der Waals surface area contributed by atoms with Crippen molar-refractivity contribution in [3.8, 4) is 5.75 Å². The fraction of sp³-hybridized carbons (Fsp3) is 0.176. The highest BCUT2D eigenvalue weighted by Crippen LogP contribution is 2.36. The monoisotopic (exact) mass is 254 g/mol. The second-order valence-corrected chi connectivity index (χ2v) is 4.36. The third-order valence-electron chi connectivity index (χ3n) is 3.24. The van der Waals surface area contributed by atoms with Crippen LogP contribution >= 0.6 is 0 Å². The van der Waals surface area contributed by atoms with E-state index in [1.165, 1.54) is 0 Å². The quantitative estimate of drug-likeness (QED) is 0.824. The smallest absolute Gasteiger partial charge is 0.124 e. The summed E-state index contributed by atoms with van der Waals surface area (Å²) in [5.41, 5.74) is 1.81. The highest BCUT2D eigenvalue weighted by atomic mass is 16.5. The van der Waals surface area contributed by atoms with Crippen molar-refractivity contribution in [1.29, 1.82) is 0 Å². The zero-order valence-corrected chi connectivity index (χ0v) is 11.0. The summed E-state index contributed by atoms with van der Waals surface area (Å²) in [6, 6.07) is 17.4. The lowest BCUT2D eigenvalue weighted by molar-refractivity contribution is 0.158. The van der Waals surface area contributed by atoms with E-state index in [9.17, 15) is 5.11 Å². The van der Waals surface area contributed by atoms with Crippen LogP contribution in [0, 0.1) is 0 Å². The Hall–Kier alpha value is -2.06. The van der Waals surface area contributed by atoms with Gasteiger partial charge in [-0.2, -0.15) is 0 Å². The SMILES string of the molecule is C=C[C@H](c1ccccc1)[C@H](O)c1ccccc1OC. The molecule has 98 valence electrons. The third kappa shape index (κ3) is 2.85. The minimum Gasteiger partial charge on any atom is -0.496 e. The van der Waals surface area contributed by atoms with Crippen LogP contribution in [0.15, 0.2) is 67.3 Å². The molecule has 2 aromatic rings. The Bertz CT molecular complexity index is 534. The van der Waals surface area contributed by atoms with E-state index in [2.05, 4.69) is 6.58 Å². The van der Waals surface area contributed by atoms with Gasteiger partial charge in [0.05, 0.1) is 13.2 Å². The number of benzene rings is 2. The van der Waals surface area contributed by atoms with Crippen molar-refractivity contribution >= 4 is 0 Å². The van der Waals surface area contributed by atoms with Crippen molar-refractivity contribution in [1.82, 2.24) is 0 Å². The Morgan fingerprint density at radius 1 is 1.05 bits per heavy atom. The molecule has 0 unspecified atom stereocenters. The summed E-state index contributed by atoms with van der Waals surface area (Å²) in [4.78, 5) is 0. The normalized spacial score (nSPS) is 13.6. The topological polar surface area (TPSA) is 29.5 Å². The highest BCUT2D eigenvalue weighted by molar-refractivity contribution is 5.38. The first-order valence-electron chi connectivity index (χ1n) is 6.26. The lowest BCUT2D eigenvalue weighted by Gasteiger charge is -2.22. The lowest BCUT2D eigenvalue weighted by atomic mass is 9.89. The molecule has 0 radical (unpaired) electrons. The molecule has 1 N–H and O–H groups in total. The molecule has 0 aliphatic heterocycles. The Kier molecular flexibility index (Phi) is 4.37. The molecule has 2 nitrogen and oxygen atoms in total. The van der Waals surface area contributed by atoms with E-state index >= 15 is 0 Å². The first kappa shape index (κ1) is 13.4. The summed E-state index contributed by atoms with van der Waals surface area (Å²) < 4.78 is 5.30. The minimum absolute atomic E-state index is 0.155. The average molecular weight is 254 g/mol. The Labute approximate surface area is 114 Å². The van der Waals surface area contributed by atoms with Gasteiger partial charge in [0.25, 0.3) is 0 Å². The second-order valence-electron chi connectivity index (χ2n) is 4.36. The van der Waals surface area contributed by atoms with Gasteiger partial charge in [-0.15, -0.1) is 6.58 Å². The van der Waals surface area contributed by atoms with Crippen LogP contribution < -0.4 is 4.74 Å². The Morgan fingerprint density at radius 3 is 2.32 bits per heavy atom. The third-order valence-corrected chi connectivity index (χ3v) is 3.24. The van der Waals surface area contributed by atoms with E-state index in [0.717, 1.165) is 11.1 Å². The molecule has 0 amide bonds. The molecule has 0 spiro atoms. The van der Waals surface area contributed by atoms with Crippen molar-refractivity contribution in [2.45, 2.75) is 12.0 Å². The van der Waals surface area contributed by atoms with Gasteiger partial charge < -0.3 is 9.84 Å². The number of aliphatic hydroxyl groups excluding tert-OH is 1. The van der Waals surface area contributed by atoms with Crippen LogP contribution in [0.4, 0.5) is 0 Å². The zero-order chi connectivity index (χ0) is 13.7. The van der Waals surface area contributed by atoms with Crippen molar-refractivity contribution in [2.75, 3.05) is 7.11 Å². The van der Waals surface area contributed by atoms with Crippen molar-refractivity contribution in [3.63, 3.8) is 0 Å². The maximum atomic E-state index is 10.6. The average Bonchev–Trinajstić information content (AvgIpc) is 2.49. The first-order valence-corrected chi connectivity index (χ1v) is 6.26. The molecule has 19 heavy (non-hydrogen) atoms. The summed E-state index contributed by atoms with van der Waals surface area (Å²) in [5.74, 6) is 0.537. The fourth-order valence-electron chi connectivity index (χ4n) is 2.23. The van der Waals surface area contributed by atoms with E-state index in [0.29, 0.717) is 5.75 Å². The second kappa shape index (κ2) is 6.21. The molecule has 2 heteroatoms. The number of hydrogen-bond donors (Lipinski definition) is 1. The van der Waals surface area contributed by atoms with E-state index in [-0.39, 0.29) is 5.92 Å². The zero-order valence-electron chi connectivity index (χ0n) is 11.0. The van der Waals surface area contributed by atoms with E-state index in [1.54, 1.807) is 13.2 Å². The van der Waals surface area contributed by atoms with E-state index in [4.69, 9.17) is 4.74 Å². The van der Waals surface area contributed by atoms with E-state index in [1.807, 2.05) is 54.6 Å². The fourth-order valence-corrected chi connectivity index (χ4v) is 2.23. The molecular formula is C17H18O2. The summed E-state index contributed by atoms with van der Waals surface area (Å²) >= 11 is 0. The molecule has 2 rings (SSSR count). The molecule has 0 saturated carbocycles. The minimum atomic E-state index is -0.670. The predicted molar refractivity (Wildman–Crippen MR) is 77.3 cm³/mol. The number of hydrogen-bond acceptors (Lipinski definition) is 2. The number of aliphatic hydroxyl groups is 1. The maximum Gasteiger partial charge on any atom is 0.124 e. The van der Waals surface area contributed by atoms with Gasteiger partial charge in [0.1, 0.15) is 5.75 Å². The van der Waals surface area contributed by atoms with Gasteiger partial charge >= 0.3 is 0 Å². The Balaban J connectivity index is 2.36. The maximum absolute atomic E-state index is 10.6. The molecule has 0 aliphatic rings. The largest absolute Gasteiger partial charge is 0.496 e. The molecule has 2 aromatic carbocycles. The number of methoxy groups -OCH3 is 1. The summed E-state index contributed by atoms with van der Waals surface area (Å²) in [7, 11) is 1.61. The number of ether oxygens (including phenoxy) is 1. The van der Waals surface area contributed by atoms with Crippen LogP contribution in [0.1, 0.15) is 23.1 Å². The summed E-state index contributed by atoms with van der Waals surface area (Å²) in [6.07, 6.45) is 1.10. The van der Waals surface area contributed by atoms with Crippen LogP contribution in [-0.4, -0.2) is 12.2 Å². The first-order chi connectivity index (χ1) is 9.27. The van der Waals surface area contributed by atoms with Crippen LogP contribution in [0.25, 0.3) is 0 Å². The number of rotatable bonds is 5. The van der Waals surface area contributed by atoms with Crippen LogP contribution in [0.5, 0.6) is 5.75 Å². The standard InChI is InChI=1S/C17H18O2/c1-3-14(13-9-5-4-6-10-13)17(18)15-11-7-8-12-16(15)19-2/h3-12,14,17-18H,1H2,2H3/t14-,17+/m1/s1. The van der Waals surface area contributed by atoms with Gasteiger partial charge in [0, 0.05) is 11.5 Å². The lowest BCUT2D eigenvalue weighted by Crippen LogP contribution is -2.10. The summed E-state index contributed by atoms with van der Waals surface area (Å²) in [6.45, 7) is 3.84. The van der Waals surface area contributed by atoms with Crippen LogP contribution in [0.3, 0.4) is 0 Å². The van der Waals surface area contributed by atoms with Crippen molar-refractivity contribution in [2.24, 2.45) is 0 Å². The van der Waals surface area contributed by atoms with Crippen molar-refractivity contribution < 1.29 is 9.84 Å². The molecule has 0 aromatic heterocycles. The van der Waals surface area contributed by atoms with Crippen molar-refractivity contribution in [3.05, 3.63) is 78.4 Å². The van der Waals surface area contributed by atoms with Gasteiger partial charge in [-0.25, -0.2) is 0 Å². The number of para-hydroxylation sites is 1. The Morgan fingerprint density at radius 2 is 1.68 bits per heavy atom. The van der Waals surface area contributed by atoms with Gasteiger partial charge in [0.2, 0.25) is 0 Å². The molecule has 0 fully saturated rings. The van der Waals surface area contributed by atoms with Crippen LogP contribution in [-0.2, 0) is 0 Å². The van der Waals surface area contributed by atoms with Crippen LogP contribution in [0.2, 0.25) is 0 Å². The van der Waals surface area contributed by atoms with Gasteiger partial charge in [-0.1, -0.05) is 54.6 Å². The summed E-state index contributed by atoms with van der Waals surface area (Å²) in [5, 5.41) is 10.6. The molecule has 0 saturated heterocycles. The highest BCUT2D eigenvalue weighted by Gasteiger charge is 2.22. The predicted octanol–water partition coefficient (Wildman–Crippen LogP) is 3.70. The molecule has 0 aliphatic carbocycles. The molecular weight excluding hydrogens is 236 g/mol. The molecule has 2 atom stereocenters. The van der Waals surface area contributed by atoms with Gasteiger partial charge in [-0.3, -0.25) is 0 Å².